The largest absolute Gasteiger partial charge is 0.348 e. The van der Waals surface area contributed by atoms with Crippen LogP contribution in [0, 0.1) is 13.8 Å². The molecule has 28 heavy (non-hydrogen) atoms. The first-order valence-electron chi connectivity index (χ1n) is 9.17. The third-order valence-electron chi connectivity index (χ3n) is 4.78. The molecule has 152 valence electrons. The smallest absolute Gasteiger partial charge is 0.244 e. The number of anilines is 1. The van der Waals surface area contributed by atoms with E-state index in [0.717, 1.165) is 21.7 Å². The van der Waals surface area contributed by atoms with Gasteiger partial charge in [0.1, 0.15) is 6.04 Å². The van der Waals surface area contributed by atoms with E-state index in [4.69, 9.17) is 11.6 Å². The molecule has 0 saturated heterocycles. The molecular weight excluding hydrogens is 396 g/mol. The van der Waals surface area contributed by atoms with Crippen molar-refractivity contribution in [3.8, 4) is 0 Å². The molecule has 0 saturated carbocycles. The minimum Gasteiger partial charge on any atom is -0.348 e. The molecule has 0 spiro atoms. The molecule has 0 aliphatic rings. The van der Waals surface area contributed by atoms with Crippen molar-refractivity contribution in [2.75, 3.05) is 10.6 Å². The molecule has 5 nitrogen and oxygen atoms in total. The number of amides is 1. The number of nitrogens with zero attached hydrogens (tertiary/aromatic N) is 1. The lowest BCUT2D eigenvalue weighted by atomic mass is 10.0. The van der Waals surface area contributed by atoms with E-state index in [1.807, 2.05) is 39.0 Å². The minimum atomic E-state index is -3.69. The zero-order valence-corrected chi connectivity index (χ0v) is 18.4. The molecular formula is C21H27ClN2O3S. The van der Waals surface area contributed by atoms with Gasteiger partial charge in [-0.25, -0.2) is 8.42 Å². The summed E-state index contributed by atoms with van der Waals surface area (Å²) < 4.78 is 26.1. The summed E-state index contributed by atoms with van der Waals surface area (Å²) in [6, 6.07) is 11.4. The van der Waals surface area contributed by atoms with Gasteiger partial charge in [0.05, 0.1) is 18.0 Å². The lowest BCUT2D eigenvalue weighted by molar-refractivity contribution is -0.122. The summed E-state index contributed by atoms with van der Waals surface area (Å²) in [6.45, 7) is 7.73. The maximum absolute atomic E-state index is 13.0. The first-order valence-corrected chi connectivity index (χ1v) is 11.4. The van der Waals surface area contributed by atoms with Gasteiger partial charge in [-0.15, -0.1) is 0 Å². The molecule has 7 heteroatoms. The maximum Gasteiger partial charge on any atom is 0.244 e. The van der Waals surface area contributed by atoms with Gasteiger partial charge in [-0.05, 0) is 62.1 Å². The highest BCUT2D eigenvalue weighted by molar-refractivity contribution is 7.92. The number of carbonyl (C=O) groups excluding carboxylic acids is 1. The molecule has 0 heterocycles. The second-order valence-corrected chi connectivity index (χ2v) is 9.33. The Morgan fingerprint density at radius 2 is 1.82 bits per heavy atom. The van der Waals surface area contributed by atoms with Crippen molar-refractivity contribution in [1.82, 2.24) is 5.32 Å². The Kier molecular flexibility index (Phi) is 7.12. The number of benzene rings is 2. The summed E-state index contributed by atoms with van der Waals surface area (Å²) in [4.78, 5) is 13.0. The second-order valence-electron chi connectivity index (χ2n) is 7.04. The predicted molar refractivity (Wildman–Crippen MR) is 115 cm³/mol. The second kappa shape index (κ2) is 8.97. The molecule has 2 aromatic carbocycles. The highest BCUT2D eigenvalue weighted by Gasteiger charge is 2.32. The van der Waals surface area contributed by atoms with Crippen LogP contribution < -0.4 is 9.62 Å². The van der Waals surface area contributed by atoms with Crippen LogP contribution in [0.4, 0.5) is 5.69 Å². The highest BCUT2D eigenvalue weighted by atomic mass is 35.5. The molecule has 0 unspecified atom stereocenters. The van der Waals surface area contributed by atoms with Crippen LogP contribution in [0.25, 0.3) is 0 Å². The van der Waals surface area contributed by atoms with Gasteiger partial charge in [-0.1, -0.05) is 42.8 Å². The molecule has 0 aliphatic heterocycles. The van der Waals surface area contributed by atoms with Crippen molar-refractivity contribution < 1.29 is 13.2 Å². The summed E-state index contributed by atoms with van der Waals surface area (Å²) in [5.41, 5.74) is 3.66. The quantitative estimate of drug-likeness (QED) is 0.720. The van der Waals surface area contributed by atoms with Crippen molar-refractivity contribution in [3.05, 3.63) is 64.2 Å². The molecule has 0 fully saturated rings. The summed E-state index contributed by atoms with van der Waals surface area (Å²) in [5, 5.41) is 3.36. The van der Waals surface area contributed by atoms with Crippen LogP contribution in [0.15, 0.2) is 42.5 Å². The monoisotopic (exact) mass is 422 g/mol. The Bertz CT molecular complexity index is 960. The van der Waals surface area contributed by atoms with Gasteiger partial charge in [0.25, 0.3) is 0 Å². The van der Waals surface area contributed by atoms with Crippen LogP contribution in [0.1, 0.15) is 43.0 Å². The Labute approximate surface area is 172 Å². The van der Waals surface area contributed by atoms with Crippen molar-refractivity contribution in [1.29, 1.82) is 0 Å². The van der Waals surface area contributed by atoms with Gasteiger partial charge in [-0.3, -0.25) is 9.10 Å². The number of halogens is 1. The van der Waals surface area contributed by atoms with Crippen LogP contribution in [-0.2, 0) is 14.8 Å². The molecule has 2 rings (SSSR count). The van der Waals surface area contributed by atoms with Crippen molar-refractivity contribution >= 4 is 33.2 Å². The normalized spacial score (nSPS) is 13.6. The van der Waals surface area contributed by atoms with Crippen LogP contribution >= 0.6 is 11.6 Å². The summed E-state index contributed by atoms with van der Waals surface area (Å²) in [5.74, 6) is -0.348. The zero-order chi connectivity index (χ0) is 21.1. The zero-order valence-electron chi connectivity index (χ0n) is 16.9. The number of sulfonamides is 1. The van der Waals surface area contributed by atoms with Crippen LogP contribution in [-0.4, -0.2) is 26.6 Å². The van der Waals surface area contributed by atoms with Crippen LogP contribution in [0.3, 0.4) is 0 Å². The fourth-order valence-corrected chi connectivity index (χ4v) is 4.49. The van der Waals surface area contributed by atoms with E-state index in [9.17, 15) is 13.2 Å². The fourth-order valence-electron chi connectivity index (χ4n) is 3.10. The average Bonchev–Trinajstić information content (AvgIpc) is 2.60. The minimum absolute atomic E-state index is 0.248. The van der Waals surface area contributed by atoms with E-state index in [-0.39, 0.29) is 11.9 Å². The molecule has 2 atom stereocenters. The number of hydrogen-bond acceptors (Lipinski definition) is 3. The Hall–Kier alpha value is -2.05. The van der Waals surface area contributed by atoms with Gasteiger partial charge in [0.15, 0.2) is 0 Å². The van der Waals surface area contributed by atoms with Gasteiger partial charge in [0, 0.05) is 5.02 Å². The van der Waals surface area contributed by atoms with E-state index in [1.165, 1.54) is 5.56 Å². The highest BCUT2D eigenvalue weighted by Crippen LogP contribution is 2.26. The third-order valence-corrected chi connectivity index (χ3v) is 6.20. The summed E-state index contributed by atoms with van der Waals surface area (Å²) in [6.07, 6.45) is 1.42. The predicted octanol–water partition coefficient (Wildman–Crippen LogP) is 4.38. The molecule has 0 aliphatic carbocycles. The number of nitrogens with one attached hydrogen (secondary N) is 1. The molecule has 0 aromatic heterocycles. The Morgan fingerprint density at radius 1 is 1.14 bits per heavy atom. The Balaban J connectivity index is 2.32. The van der Waals surface area contributed by atoms with E-state index in [0.29, 0.717) is 17.1 Å². The lowest BCUT2D eigenvalue weighted by Gasteiger charge is -2.31. The SMILES string of the molecule is CC[C@H](C(=O)N[C@@H](C)c1ccc(C)c(C)c1)N(c1cccc(Cl)c1)S(C)(=O)=O. The standard InChI is InChI=1S/C21H27ClN2O3S/c1-6-20(24(28(5,26)27)19-9-7-8-18(22)13-19)21(25)23-16(4)17-11-10-14(2)15(3)12-17/h7-13,16,20H,6H2,1-5H3,(H,23,25)/t16-,20+/m0/s1. The lowest BCUT2D eigenvalue weighted by Crippen LogP contribution is -2.49. The van der Waals surface area contributed by atoms with Crippen molar-refractivity contribution in [2.24, 2.45) is 0 Å². The van der Waals surface area contributed by atoms with Gasteiger partial charge in [0.2, 0.25) is 15.9 Å². The molecule has 2 aromatic rings. The van der Waals surface area contributed by atoms with E-state index < -0.39 is 16.1 Å². The summed E-state index contributed by atoms with van der Waals surface area (Å²) >= 11 is 6.04. The van der Waals surface area contributed by atoms with Crippen molar-refractivity contribution in [2.45, 2.75) is 46.2 Å². The first kappa shape index (κ1) is 22.2. The number of carbonyl (C=O) groups is 1. The number of aryl methyl sites for hydroxylation is 2. The van der Waals surface area contributed by atoms with E-state index in [2.05, 4.69) is 5.32 Å². The molecule has 0 radical (unpaired) electrons. The van der Waals surface area contributed by atoms with Crippen LogP contribution in [0.2, 0.25) is 5.02 Å². The maximum atomic E-state index is 13.0. The van der Waals surface area contributed by atoms with E-state index >= 15 is 0 Å². The summed E-state index contributed by atoms with van der Waals surface area (Å²) in [7, 11) is -3.69. The topological polar surface area (TPSA) is 66.5 Å². The Morgan fingerprint density at radius 3 is 2.36 bits per heavy atom. The van der Waals surface area contributed by atoms with Gasteiger partial charge < -0.3 is 5.32 Å². The van der Waals surface area contributed by atoms with E-state index in [1.54, 1.807) is 31.2 Å². The first-order chi connectivity index (χ1) is 13.0. The van der Waals surface area contributed by atoms with Crippen LogP contribution in [0.5, 0.6) is 0 Å². The number of hydrogen-bond donors (Lipinski definition) is 1. The molecule has 1 N–H and O–H groups in total. The van der Waals surface area contributed by atoms with Crippen molar-refractivity contribution in [3.63, 3.8) is 0 Å². The average molecular weight is 423 g/mol. The molecule has 0 bridgehead atoms. The fraction of sp³-hybridized carbons (Fsp3) is 0.381. The molecule has 1 amide bonds. The number of rotatable bonds is 7. The van der Waals surface area contributed by atoms with Gasteiger partial charge in [-0.2, -0.15) is 0 Å². The van der Waals surface area contributed by atoms with Gasteiger partial charge >= 0.3 is 0 Å². The third kappa shape index (κ3) is 5.26.